The Labute approximate surface area is 119 Å². The van der Waals surface area contributed by atoms with E-state index in [0.29, 0.717) is 26.4 Å². The highest BCUT2D eigenvalue weighted by molar-refractivity contribution is 6.31. The number of aliphatic hydroxyl groups is 1. The van der Waals surface area contributed by atoms with Crippen LogP contribution in [0.3, 0.4) is 0 Å². The van der Waals surface area contributed by atoms with E-state index in [9.17, 15) is 5.11 Å². The van der Waals surface area contributed by atoms with Crippen molar-refractivity contribution < 1.29 is 14.6 Å². The van der Waals surface area contributed by atoms with Crippen LogP contribution in [-0.4, -0.2) is 44.7 Å². The van der Waals surface area contributed by atoms with E-state index >= 15 is 0 Å². The van der Waals surface area contributed by atoms with Crippen molar-refractivity contribution in [3.05, 3.63) is 34.9 Å². The van der Waals surface area contributed by atoms with Gasteiger partial charge in [0.25, 0.3) is 0 Å². The van der Waals surface area contributed by atoms with Gasteiger partial charge < -0.3 is 19.9 Å². The molecule has 0 aliphatic rings. The van der Waals surface area contributed by atoms with E-state index in [1.54, 1.807) is 7.11 Å². The molecule has 5 heteroatoms. The van der Waals surface area contributed by atoms with Gasteiger partial charge in [-0.3, -0.25) is 0 Å². The third kappa shape index (κ3) is 6.36. The summed E-state index contributed by atoms with van der Waals surface area (Å²) < 4.78 is 10.1. The predicted molar refractivity (Wildman–Crippen MR) is 76.6 cm³/mol. The highest BCUT2D eigenvalue weighted by Gasteiger charge is 2.11. The van der Waals surface area contributed by atoms with Crippen molar-refractivity contribution in [3.63, 3.8) is 0 Å². The molecule has 19 heavy (non-hydrogen) atoms. The monoisotopic (exact) mass is 287 g/mol. The average Bonchev–Trinajstić information content (AvgIpc) is 2.41. The summed E-state index contributed by atoms with van der Waals surface area (Å²) in [4.78, 5) is 0. The third-order valence-electron chi connectivity index (χ3n) is 2.77. The van der Waals surface area contributed by atoms with Crippen molar-refractivity contribution in [2.75, 3.05) is 33.5 Å². The fourth-order valence-corrected chi connectivity index (χ4v) is 1.97. The summed E-state index contributed by atoms with van der Waals surface area (Å²) in [6.45, 7) is 3.80. The van der Waals surface area contributed by atoms with Crippen LogP contribution in [0.15, 0.2) is 24.3 Å². The van der Waals surface area contributed by atoms with Crippen LogP contribution in [0, 0.1) is 0 Å². The topological polar surface area (TPSA) is 50.7 Å². The lowest BCUT2D eigenvalue weighted by molar-refractivity contribution is 0.0130. The van der Waals surface area contributed by atoms with Crippen molar-refractivity contribution >= 4 is 11.6 Å². The van der Waals surface area contributed by atoms with Crippen LogP contribution in [0.1, 0.15) is 18.5 Å². The number of aliphatic hydroxyl groups excluding tert-OH is 1. The molecule has 2 atom stereocenters. The Morgan fingerprint density at radius 3 is 2.74 bits per heavy atom. The molecule has 1 unspecified atom stereocenters. The van der Waals surface area contributed by atoms with E-state index in [-0.39, 0.29) is 6.04 Å². The largest absolute Gasteiger partial charge is 0.389 e. The molecule has 0 saturated carbocycles. The first-order chi connectivity index (χ1) is 9.15. The Balaban J connectivity index is 2.26. The van der Waals surface area contributed by atoms with Gasteiger partial charge in [-0.1, -0.05) is 29.8 Å². The maximum atomic E-state index is 9.75. The first-order valence-electron chi connectivity index (χ1n) is 6.37. The van der Waals surface area contributed by atoms with Crippen LogP contribution in [0.5, 0.6) is 0 Å². The normalized spacial score (nSPS) is 14.3. The maximum Gasteiger partial charge on any atom is 0.0897 e. The smallest absolute Gasteiger partial charge is 0.0897 e. The molecule has 1 aromatic carbocycles. The molecule has 2 N–H and O–H groups in total. The van der Waals surface area contributed by atoms with Gasteiger partial charge in [0.05, 0.1) is 25.9 Å². The van der Waals surface area contributed by atoms with E-state index < -0.39 is 6.10 Å². The van der Waals surface area contributed by atoms with Crippen LogP contribution in [-0.2, 0) is 9.47 Å². The maximum absolute atomic E-state index is 9.75. The zero-order valence-corrected chi connectivity index (χ0v) is 12.2. The molecule has 1 rings (SSSR count). The number of rotatable bonds is 9. The molecule has 108 valence electrons. The second-order valence-corrected chi connectivity index (χ2v) is 4.78. The minimum Gasteiger partial charge on any atom is -0.389 e. The second kappa shape index (κ2) is 9.28. The molecule has 4 nitrogen and oxygen atoms in total. The first kappa shape index (κ1) is 16.4. The van der Waals surface area contributed by atoms with Gasteiger partial charge in [0.1, 0.15) is 0 Å². The summed E-state index contributed by atoms with van der Waals surface area (Å²) in [7, 11) is 1.62. The number of nitrogens with one attached hydrogen (secondary N) is 1. The van der Waals surface area contributed by atoms with Crippen LogP contribution < -0.4 is 5.32 Å². The first-order valence-corrected chi connectivity index (χ1v) is 6.75. The summed E-state index contributed by atoms with van der Waals surface area (Å²) in [6, 6.07) is 7.77. The summed E-state index contributed by atoms with van der Waals surface area (Å²) >= 11 is 6.11. The highest BCUT2D eigenvalue weighted by Crippen LogP contribution is 2.21. The Kier molecular flexibility index (Phi) is 8.02. The Morgan fingerprint density at radius 2 is 2.05 bits per heavy atom. The lowest BCUT2D eigenvalue weighted by Gasteiger charge is -2.18. The van der Waals surface area contributed by atoms with E-state index in [4.69, 9.17) is 21.1 Å². The molecular formula is C14H22ClNO3. The van der Waals surface area contributed by atoms with E-state index in [0.717, 1.165) is 10.6 Å². The summed E-state index contributed by atoms with van der Waals surface area (Å²) in [5.74, 6) is 0. The highest BCUT2D eigenvalue weighted by atomic mass is 35.5. The number of methoxy groups -OCH3 is 1. The summed E-state index contributed by atoms with van der Waals surface area (Å²) in [5, 5.41) is 13.7. The second-order valence-electron chi connectivity index (χ2n) is 4.37. The minimum absolute atomic E-state index is 0.0855. The molecule has 0 aromatic heterocycles. The molecule has 0 spiro atoms. The van der Waals surface area contributed by atoms with Gasteiger partial charge in [0.2, 0.25) is 0 Å². The molecule has 0 radical (unpaired) electrons. The molecule has 0 aliphatic carbocycles. The van der Waals surface area contributed by atoms with Crippen LogP contribution in [0.2, 0.25) is 5.02 Å². The Morgan fingerprint density at radius 1 is 1.32 bits per heavy atom. The molecule has 0 aliphatic heterocycles. The lowest BCUT2D eigenvalue weighted by atomic mass is 10.1. The molecule has 0 saturated heterocycles. The van der Waals surface area contributed by atoms with Gasteiger partial charge >= 0.3 is 0 Å². The van der Waals surface area contributed by atoms with Gasteiger partial charge in [0.15, 0.2) is 0 Å². The van der Waals surface area contributed by atoms with Crippen molar-refractivity contribution in [2.45, 2.75) is 19.1 Å². The van der Waals surface area contributed by atoms with Crippen LogP contribution in [0.25, 0.3) is 0 Å². The van der Waals surface area contributed by atoms with Gasteiger partial charge in [-0.15, -0.1) is 0 Å². The van der Waals surface area contributed by atoms with Crippen LogP contribution >= 0.6 is 11.6 Å². The fraction of sp³-hybridized carbons (Fsp3) is 0.571. The Hall–Kier alpha value is -0.650. The molecule has 0 bridgehead atoms. The van der Waals surface area contributed by atoms with E-state index in [1.165, 1.54) is 0 Å². The van der Waals surface area contributed by atoms with E-state index in [1.807, 2.05) is 31.2 Å². The van der Waals surface area contributed by atoms with Gasteiger partial charge in [-0.2, -0.15) is 0 Å². The van der Waals surface area contributed by atoms with Crippen LogP contribution in [0.4, 0.5) is 0 Å². The molecule has 1 aromatic rings. The zero-order chi connectivity index (χ0) is 14.1. The summed E-state index contributed by atoms with van der Waals surface area (Å²) in [5.41, 5.74) is 1.02. The van der Waals surface area contributed by atoms with Crippen molar-refractivity contribution in [2.24, 2.45) is 0 Å². The summed E-state index contributed by atoms with van der Waals surface area (Å²) in [6.07, 6.45) is -0.540. The van der Waals surface area contributed by atoms with Gasteiger partial charge in [-0.25, -0.2) is 0 Å². The molecule has 0 heterocycles. The Bertz CT molecular complexity index is 362. The zero-order valence-electron chi connectivity index (χ0n) is 11.4. The third-order valence-corrected chi connectivity index (χ3v) is 3.12. The number of hydrogen-bond donors (Lipinski definition) is 2. The fourth-order valence-electron chi connectivity index (χ4n) is 1.67. The average molecular weight is 288 g/mol. The van der Waals surface area contributed by atoms with Crippen molar-refractivity contribution in [3.8, 4) is 0 Å². The van der Waals surface area contributed by atoms with Gasteiger partial charge in [-0.05, 0) is 18.6 Å². The van der Waals surface area contributed by atoms with Crippen molar-refractivity contribution in [1.82, 2.24) is 5.32 Å². The number of hydrogen-bond acceptors (Lipinski definition) is 4. The molecule has 0 amide bonds. The quantitative estimate of drug-likeness (QED) is 0.682. The standard InChI is InChI=1S/C14H22ClNO3/c1-11(13-5-3-4-6-14(13)15)16-9-12(17)10-19-8-7-18-2/h3-6,11-12,16-17H,7-10H2,1-2H3/t11-,12?/m1/s1. The molecule has 0 fully saturated rings. The number of halogens is 1. The number of benzene rings is 1. The van der Waals surface area contributed by atoms with Gasteiger partial charge in [0, 0.05) is 24.7 Å². The predicted octanol–water partition coefficient (Wildman–Crippen LogP) is 2.01. The van der Waals surface area contributed by atoms with E-state index in [2.05, 4.69) is 5.32 Å². The SMILES string of the molecule is COCCOCC(O)CN[C@H](C)c1ccccc1Cl. The minimum atomic E-state index is -0.540. The number of ether oxygens (including phenoxy) is 2. The molecular weight excluding hydrogens is 266 g/mol. The lowest BCUT2D eigenvalue weighted by Crippen LogP contribution is -2.32. The van der Waals surface area contributed by atoms with Crippen molar-refractivity contribution in [1.29, 1.82) is 0 Å².